The van der Waals surface area contributed by atoms with Crippen LogP contribution in [0.2, 0.25) is 0 Å². The zero-order valence-corrected chi connectivity index (χ0v) is 9.05. The molecule has 0 saturated heterocycles. The fraction of sp³-hybridized carbons (Fsp3) is 1.00. The quantitative estimate of drug-likeness (QED) is 0.684. The standard InChI is InChI=1S/C11H22O2/c1-4-11(7-5-6-8-11)13-10(12)9(2)3/h9-10,12H,4-8H2,1-3H3. The van der Waals surface area contributed by atoms with Gasteiger partial charge in [0, 0.05) is 5.92 Å². The van der Waals surface area contributed by atoms with Crippen molar-refractivity contribution in [2.75, 3.05) is 0 Å². The van der Waals surface area contributed by atoms with Crippen molar-refractivity contribution in [2.24, 2.45) is 5.92 Å². The van der Waals surface area contributed by atoms with Gasteiger partial charge < -0.3 is 9.84 Å². The second-order valence-electron chi connectivity index (χ2n) is 4.50. The van der Waals surface area contributed by atoms with Crippen LogP contribution in [0.1, 0.15) is 52.9 Å². The molecule has 2 nitrogen and oxygen atoms in total. The number of aliphatic hydroxyl groups excluding tert-OH is 1. The molecule has 1 saturated carbocycles. The first-order valence-corrected chi connectivity index (χ1v) is 5.45. The summed E-state index contributed by atoms with van der Waals surface area (Å²) in [4.78, 5) is 0. The molecule has 1 atom stereocenters. The Balaban J connectivity index is 2.48. The highest BCUT2D eigenvalue weighted by Gasteiger charge is 2.35. The van der Waals surface area contributed by atoms with E-state index in [1.165, 1.54) is 12.8 Å². The third kappa shape index (κ3) is 2.68. The normalized spacial score (nSPS) is 23.8. The molecule has 0 radical (unpaired) electrons. The van der Waals surface area contributed by atoms with Crippen LogP contribution in [0.4, 0.5) is 0 Å². The molecule has 0 amide bonds. The highest BCUT2D eigenvalue weighted by atomic mass is 16.6. The number of ether oxygens (including phenoxy) is 1. The van der Waals surface area contributed by atoms with Gasteiger partial charge in [0.05, 0.1) is 5.60 Å². The zero-order valence-electron chi connectivity index (χ0n) is 9.05. The summed E-state index contributed by atoms with van der Waals surface area (Å²) in [6, 6.07) is 0. The Morgan fingerprint density at radius 1 is 1.31 bits per heavy atom. The summed E-state index contributed by atoms with van der Waals surface area (Å²) < 4.78 is 5.77. The van der Waals surface area contributed by atoms with Gasteiger partial charge in [-0.1, -0.05) is 33.6 Å². The van der Waals surface area contributed by atoms with Crippen molar-refractivity contribution in [1.82, 2.24) is 0 Å². The van der Waals surface area contributed by atoms with E-state index in [1.54, 1.807) is 0 Å². The fourth-order valence-corrected chi connectivity index (χ4v) is 1.97. The predicted octanol–water partition coefficient (Wildman–Crippen LogP) is 2.70. The van der Waals surface area contributed by atoms with Crippen LogP contribution in [-0.4, -0.2) is 17.0 Å². The lowest BCUT2D eigenvalue weighted by Gasteiger charge is -2.32. The smallest absolute Gasteiger partial charge is 0.157 e. The molecule has 1 fully saturated rings. The van der Waals surface area contributed by atoms with E-state index in [-0.39, 0.29) is 11.5 Å². The van der Waals surface area contributed by atoms with Crippen molar-refractivity contribution in [3.05, 3.63) is 0 Å². The van der Waals surface area contributed by atoms with Crippen LogP contribution in [0, 0.1) is 5.92 Å². The summed E-state index contributed by atoms with van der Waals surface area (Å²) in [7, 11) is 0. The van der Waals surface area contributed by atoms with Gasteiger partial charge in [0.2, 0.25) is 0 Å². The highest BCUT2D eigenvalue weighted by Crippen LogP contribution is 2.37. The SMILES string of the molecule is CCC1(OC(O)C(C)C)CCCC1. The van der Waals surface area contributed by atoms with Gasteiger partial charge in [-0.2, -0.15) is 0 Å². The maximum absolute atomic E-state index is 9.66. The zero-order chi connectivity index (χ0) is 9.90. The number of hydrogen-bond acceptors (Lipinski definition) is 2. The first-order valence-electron chi connectivity index (χ1n) is 5.45. The summed E-state index contributed by atoms with van der Waals surface area (Å²) >= 11 is 0. The lowest BCUT2D eigenvalue weighted by atomic mass is 9.98. The molecule has 2 heteroatoms. The minimum absolute atomic E-state index is 0.0102. The molecule has 0 spiro atoms. The summed E-state index contributed by atoms with van der Waals surface area (Å²) in [5.74, 6) is 0.198. The molecule has 0 aliphatic heterocycles. The topological polar surface area (TPSA) is 29.5 Å². The molecule has 1 unspecified atom stereocenters. The maximum atomic E-state index is 9.66. The largest absolute Gasteiger partial charge is 0.368 e. The molecule has 0 bridgehead atoms. The van der Waals surface area contributed by atoms with Gasteiger partial charge in [0.25, 0.3) is 0 Å². The van der Waals surface area contributed by atoms with Gasteiger partial charge >= 0.3 is 0 Å². The van der Waals surface area contributed by atoms with E-state index in [4.69, 9.17) is 4.74 Å². The molecule has 0 aromatic carbocycles. The van der Waals surface area contributed by atoms with Crippen molar-refractivity contribution in [3.8, 4) is 0 Å². The van der Waals surface area contributed by atoms with Gasteiger partial charge in [-0.05, 0) is 19.3 Å². The molecule has 1 aliphatic rings. The average Bonchev–Trinajstić information content (AvgIpc) is 2.54. The van der Waals surface area contributed by atoms with E-state index in [2.05, 4.69) is 6.92 Å². The Bertz CT molecular complexity index is 148. The van der Waals surface area contributed by atoms with Crippen LogP contribution < -0.4 is 0 Å². The predicted molar refractivity (Wildman–Crippen MR) is 53.4 cm³/mol. The van der Waals surface area contributed by atoms with Crippen LogP contribution in [-0.2, 0) is 4.74 Å². The Morgan fingerprint density at radius 2 is 1.85 bits per heavy atom. The number of aliphatic hydroxyl groups is 1. The Morgan fingerprint density at radius 3 is 2.23 bits per heavy atom. The summed E-state index contributed by atoms with van der Waals surface area (Å²) in [5, 5.41) is 9.66. The monoisotopic (exact) mass is 186 g/mol. The van der Waals surface area contributed by atoms with E-state index < -0.39 is 6.29 Å². The highest BCUT2D eigenvalue weighted by molar-refractivity contribution is 4.85. The average molecular weight is 186 g/mol. The molecule has 0 aromatic rings. The van der Waals surface area contributed by atoms with Gasteiger partial charge in [-0.3, -0.25) is 0 Å². The van der Waals surface area contributed by atoms with Crippen molar-refractivity contribution in [1.29, 1.82) is 0 Å². The molecule has 78 valence electrons. The van der Waals surface area contributed by atoms with Crippen LogP contribution >= 0.6 is 0 Å². The molecule has 0 aromatic heterocycles. The maximum Gasteiger partial charge on any atom is 0.157 e. The van der Waals surface area contributed by atoms with Crippen LogP contribution in [0.25, 0.3) is 0 Å². The van der Waals surface area contributed by atoms with Gasteiger partial charge in [-0.15, -0.1) is 0 Å². The van der Waals surface area contributed by atoms with Crippen LogP contribution in [0.15, 0.2) is 0 Å². The van der Waals surface area contributed by atoms with Crippen molar-refractivity contribution >= 4 is 0 Å². The Kier molecular flexibility index (Phi) is 3.74. The van der Waals surface area contributed by atoms with Gasteiger partial charge in [0.15, 0.2) is 6.29 Å². The second kappa shape index (κ2) is 4.43. The number of rotatable bonds is 4. The molecule has 1 N–H and O–H groups in total. The molecular weight excluding hydrogens is 164 g/mol. The molecule has 13 heavy (non-hydrogen) atoms. The van der Waals surface area contributed by atoms with Gasteiger partial charge in [-0.25, -0.2) is 0 Å². The summed E-state index contributed by atoms with van der Waals surface area (Å²) in [5.41, 5.74) is -0.0102. The van der Waals surface area contributed by atoms with Crippen molar-refractivity contribution < 1.29 is 9.84 Å². The van der Waals surface area contributed by atoms with E-state index in [0.29, 0.717) is 0 Å². The second-order valence-corrected chi connectivity index (χ2v) is 4.50. The van der Waals surface area contributed by atoms with Crippen molar-refractivity contribution in [2.45, 2.75) is 64.8 Å². The number of hydrogen-bond donors (Lipinski definition) is 1. The molecule has 0 heterocycles. The van der Waals surface area contributed by atoms with Crippen LogP contribution in [0.5, 0.6) is 0 Å². The molecule has 1 rings (SSSR count). The Labute approximate surface area is 81.3 Å². The third-order valence-electron chi connectivity index (χ3n) is 3.10. The van der Waals surface area contributed by atoms with E-state index in [0.717, 1.165) is 19.3 Å². The van der Waals surface area contributed by atoms with E-state index in [9.17, 15) is 5.11 Å². The summed E-state index contributed by atoms with van der Waals surface area (Å²) in [6.07, 6.45) is 5.17. The van der Waals surface area contributed by atoms with E-state index >= 15 is 0 Å². The first-order chi connectivity index (χ1) is 6.09. The minimum atomic E-state index is -0.585. The van der Waals surface area contributed by atoms with E-state index in [1.807, 2.05) is 13.8 Å². The minimum Gasteiger partial charge on any atom is -0.368 e. The fourth-order valence-electron chi connectivity index (χ4n) is 1.97. The first kappa shape index (κ1) is 11.0. The lowest BCUT2D eigenvalue weighted by molar-refractivity contribution is -0.203. The third-order valence-corrected chi connectivity index (χ3v) is 3.10. The molecular formula is C11H22O2. The lowest BCUT2D eigenvalue weighted by Crippen LogP contribution is -2.35. The van der Waals surface area contributed by atoms with Crippen molar-refractivity contribution in [3.63, 3.8) is 0 Å². The summed E-state index contributed by atoms with van der Waals surface area (Å²) in [6.45, 7) is 6.13. The van der Waals surface area contributed by atoms with Crippen LogP contribution in [0.3, 0.4) is 0 Å². The molecule has 1 aliphatic carbocycles. The van der Waals surface area contributed by atoms with Gasteiger partial charge in [0.1, 0.15) is 0 Å². The Hall–Kier alpha value is -0.0800.